The van der Waals surface area contributed by atoms with Crippen LogP contribution in [0.5, 0.6) is 0 Å². The van der Waals surface area contributed by atoms with Gasteiger partial charge in [0, 0.05) is 51.1 Å². The van der Waals surface area contributed by atoms with Gasteiger partial charge in [-0.1, -0.05) is 11.6 Å². The molecule has 5 rings (SSSR count). The number of pyridine rings is 1. The van der Waals surface area contributed by atoms with Gasteiger partial charge in [-0.25, -0.2) is 4.79 Å². The van der Waals surface area contributed by atoms with E-state index < -0.39 is 5.97 Å². The van der Waals surface area contributed by atoms with Crippen molar-refractivity contribution in [1.82, 2.24) is 14.3 Å². The lowest BCUT2D eigenvalue weighted by Crippen LogP contribution is -2.31. The molecule has 3 heterocycles. The van der Waals surface area contributed by atoms with Gasteiger partial charge in [0.2, 0.25) is 0 Å². The fourth-order valence-corrected chi connectivity index (χ4v) is 5.66. The number of rotatable bonds is 4. The van der Waals surface area contributed by atoms with Gasteiger partial charge in [0.15, 0.2) is 0 Å². The standard InChI is InChI=1S/C24H24ClN3O3S/c1-12(2)31-24(30)19-7-16-13(3)32-21-9-17(14-10-26-27(4)11-14)20(25)8-18(21)22(16)28(23(19)29)15-5-6-15/h7-13,15H,5-6H2,1-4H3. The molecule has 1 unspecified atom stereocenters. The number of benzene rings is 1. The fraction of sp³-hybridized carbons (Fsp3) is 0.375. The maximum atomic E-state index is 13.4. The van der Waals surface area contributed by atoms with Gasteiger partial charge in [0.25, 0.3) is 5.56 Å². The van der Waals surface area contributed by atoms with E-state index in [4.69, 9.17) is 16.3 Å². The summed E-state index contributed by atoms with van der Waals surface area (Å²) in [5, 5.41) is 4.94. The number of carbonyl (C=O) groups excluding carboxylic acids is 1. The van der Waals surface area contributed by atoms with E-state index in [-0.39, 0.29) is 28.5 Å². The molecule has 1 aliphatic heterocycles. The molecule has 166 valence electrons. The van der Waals surface area contributed by atoms with Gasteiger partial charge >= 0.3 is 5.97 Å². The molecule has 0 saturated heterocycles. The number of ether oxygens (including phenoxy) is 1. The molecule has 32 heavy (non-hydrogen) atoms. The fourth-order valence-electron chi connectivity index (χ4n) is 4.23. The molecule has 1 atom stereocenters. The van der Waals surface area contributed by atoms with Crippen LogP contribution in [-0.2, 0) is 11.8 Å². The lowest BCUT2D eigenvalue weighted by atomic mass is 9.97. The third kappa shape index (κ3) is 3.57. The van der Waals surface area contributed by atoms with E-state index >= 15 is 0 Å². The van der Waals surface area contributed by atoms with Gasteiger partial charge < -0.3 is 9.30 Å². The highest BCUT2D eigenvalue weighted by atomic mass is 35.5. The molecule has 2 aliphatic rings. The molecule has 0 amide bonds. The van der Waals surface area contributed by atoms with Crippen molar-refractivity contribution in [2.24, 2.45) is 7.05 Å². The van der Waals surface area contributed by atoms with Gasteiger partial charge in [-0.05, 0) is 57.4 Å². The van der Waals surface area contributed by atoms with Crippen LogP contribution in [0.3, 0.4) is 0 Å². The molecular weight excluding hydrogens is 446 g/mol. The summed E-state index contributed by atoms with van der Waals surface area (Å²) in [6, 6.07) is 5.86. The van der Waals surface area contributed by atoms with E-state index in [9.17, 15) is 9.59 Å². The number of esters is 1. The Balaban J connectivity index is 1.72. The van der Waals surface area contributed by atoms with Crippen molar-refractivity contribution in [3.05, 3.63) is 57.1 Å². The first-order valence-corrected chi connectivity index (χ1v) is 12.0. The van der Waals surface area contributed by atoms with Crippen LogP contribution in [0.25, 0.3) is 22.4 Å². The van der Waals surface area contributed by atoms with Crippen LogP contribution < -0.4 is 5.56 Å². The second kappa shape index (κ2) is 7.81. The lowest BCUT2D eigenvalue weighted by Gasteiger charge is -2.29. The number of fused-ring (bicyclic) bond motifs is 3. The molecular formula is C24H24ClN3O3S. The SMILES string of the molecule is CC(C)OC(=O)c1cc2c(n(C3CC3)c1=O)-c1cc(Cl)c(-c3cnn(C)c3)cc1SC2C. The summed E-state index contributed by atoms with van der Waals surface area (Å²) >= 11 is 8.43. The quantitative estimate of drug-likeness (QED) is 0.463. The van der Waals surface area contributed by atoms with Crippen LogP contribution >= 0.6 is 23.4 Å². The Morgan fingerprint density at radius 1 is 1.25 bits per heavy atom. The van der Waals surface area contributed by atoms with Crippen molar-refractivity contribution in [2.45, 2.75) is 55.9 Å². The smallest absolute Gasteiger partial charge is 0.344 e. The Bertz CT molecular complexity index is 1310. The maximum absolute atomic E-state index is 13.4. The summed E-state index contributed by atoms with van der Waals surface area (Å²) in [4.78, 5) is 27.2. The number of halogens is 1. The Labute approximate surface area is 195 Å². The number of thioether (sulfide) groups is 1. The van der Waals surface area contributed by atoms with Crippen LogP contribution in [-0.4, -0.2) is 26.4 Å². The summed E-state index contributed by atoms with van der Waals surface area (Å²) in [5.74, 6) is -0.560. The van der Waals surface area contributed by atoms with Crippen LogP contribution in [0.4, 0.5) is 0 Å². The van der Waals surface area contributed by atoms with Crippen LogP contribution in [0.15, 0.2) is 40.3 Å². The number of hydrogen-bond acceptors (Lipinski definition) is 5. The molecule has 6 nitrogen and oxygen atoms in total. The molecule has 3 aromatic rings. The van der Waals surface area contributed by atoms with Crippen LogP contribution in [0.2, 0.25) is 5.02 Å². The Morgan fingerprint density at radius 2 is 2.00 bits per heavy atom. The summed E-state index contributed by atoms with van der Waals surface area (Å²) in [6.45, 7) is 5.67. The molecule has 0 N–H and O–H groups in total. The summed E-state index contributed by atoms with van der Waals surface area (Å²) in [5.41, 5.74) is 4.47. The zero-order valence-electron chi connectivity index (χ0n) is 18.4. The highest BCUT2D eigenvalue weighted by Gasteiger charge is 2.35. The van der Waals surface area contributed by atoms with Crippen molar-refractivity contribution >= 4 is 29.3 Å². The van der Waals surface area contributed by atoms with Gasteiger partial charge in [-0.2, -0.15) is 5.10 Å². The van der Waals surface area contributed by atoms with E-state index in [1.54, 1.807) is 47.1 Å². The van der Waals surface area contributed by atoms with Crippen molar-refractivity contribution in [3.63, 3.8) is 0 Å². The molecule has 8 heteroatoms. The number of aromatic nitrogens is 3. The summed E-state index contributed by atoms with van der Waals surface area (Å²) < 4.78 is 8.92. The zero-order valence-corrected chi connectivity index (χ0v) is 20.0. The molecule has 1 aliphatic carbocycles. The minimum absolute atomic E-state index is 0.0663. The minimum atomic E-state index is -0.560. The highest BCUT2D eigenvalue weighted by molar-refractivity contribution is 7.99. The van der Waals surface area contributed by atoms with E-state index in [2.05, 4.69) is 18.1 Å². The first-order valence-electron chi connectivity index (χ1n) is 10.7. The first kappa shape index (κ1) is 21.3. The molecule has 0 spiro atoms. The molecule has 0 bridgehead atoms. The van der Waals surface area contributed by atoms with Crippen LogP contribution in [0, 0.1) is 0 Å². The highest BCUT2D eigenvalue weighted by Crippen LogP contribution is 2.52. The van der Waals surface area contributed by atoms with Crippen molar-refractivity contribution in [1.29, 1.82) is 0 Å². The summed E-state index contributed by atoms with van der Waals surface area (Å²) in [7, 11) is 1.87. The molecule has 2 aromatic heterocycles. The number of nitrogens with zero attached hydrogens (tertiary/aromatic N) is 3. The number of carbonyl (C=O) groups is 1. The Morgan fingerprint density at radius 3 is 2.62 bits per heavy atom. The molecule has 1 fully saturated rings. The third-order valence-electron chi connectivity index (χ3n) is 5.82. The molecule has 1 aromatic carbocycles. The average molecular weight is 470 g/mol. The van der Waals surface area contributed by atoms with Gasteiger partial charge in [0.1, 0.15) is 5.56 Å². The summed E-state index contributed by atoms with van der Waals surface area (Å²) in [6.07, 6.45) is 5.29. The van der Waals surface area contributed by atoms with E-state index in [1.165, 1.54) is 0 Å². The van der Waals surface area contributed by atoms with E-state index in [1.807, 2.05) is 19.3 Å². The monoisotopic (exact) mass is 469 g/mol. The predicted molar refractivity (Wildman–Crippen MR) is 126 cm³/mol. The number of hydrogen-bond donors (Lipinski definition) is 0. The molecule has 0 radical (unpaired) electrons. The van der Waals surface area contributed by atoms with Gasteiger partial charge in [0.05, 0.1) is 18.0 Å². The first-order chi connectivity index (χ1) is 15.2. The Kier molecular flexibility index (Phi) is 5.21. The normalized spacial score (nSPS) is 17.2. The van der Waals surface area contributed by atoms with Gasteiger partial charge in [-0.15, -0.1) is 11.8 Å². The topological polar surface area (TPSA) is 66.1 Å². The predicted octanol–water partition coefficient (Wildman–Crippen LogP) is 5.64. The van der Waals surface area contributed by atoms with Crippen LogP contribution in [0.1, 0.15) is 60.8 Å². The average Bonchev–Trinajstić information content (AvgIpc) is 3.47. The van der Waals surface area contributed by atoms with Gasteiger partial charge in [-0.3, -0.25) is 9.48 Å². The number of aryl methyl sites for hydroxylation is 1. The largest absolute Gasteiger partial charge is 0.459 e. The Hall–Kier alpha value is -2.51. The second-order valence-corrected chi connectivity index (χ2v) is 10.5. The maximum Gasteiger partial charge on any atom is 0.344 e. The van der Waals surface area contributed by atoms with Crippen molar-refractivity contribution < 1.29 is 9.53 Å². The van der Waals surface area contributed by atoms with Crippen molar-refractivity contribution in [3.8, 4) is 22.4 Å². The zero-order chi connectivity index (χ0) is 22.7. The minimum Gasteiger partial charge on any atom is -0.459 e. The third-order valence-corrected chi connectivity index (χ3v) is 7.33. The van der Waals surface area contributed by atoms with Crippen molar-refractivity contribution in [2.75, 3.05) is 0 Å². The molecule has 1 saturated carbocycles. The lowest BCUT2D eigenvalue weighted by molar-refractivity contribution is 0.0375. The van der Waals surface area contributed by atoms with E-state index in [0.717, 1.165) is 45.7 Å². The van der Waals surface area contributed by atoms with E-state index in [0.29, 0.717) is 5.02 Å². The second-order valence-electron chi connectivity index (χ2n) is 8.71.